The van der Waals surface area contributed by atoms with Gasteiger partial charge in [0.25, 0.3) is 0 Å². The Morgan fingerprint density at radius 2 is 2.00 bits per heavy atom. The number of hydrogen-bond acceptors (Lipinski definition) is 1. The summed E-state index contributed by atoms with van der Waals surface area (Å²) >= 11 is 0. The normalized spacial score (nSPS) is 17.5. The highest BCUT2D eigenvalue weighted by Gasteiger charge is 2.24. The number of nitrogens with zero attached hydrogens (tertiary/aromatic N) is 1. The maximum atomic E-state index is 14.0. The summed E-state index contributed by atoms with van der Waals surface area (Å²) in [6, 6.07) is 12.6. The predicted molar refractivity (Wildman–Crippen MR) is 91.1 cm³/mol. The van der Waals surface area contributed by atoms with Crippen molar-refractivity contribution in [3.05, 3.63) is 64.5 Å². The van der Waals surface area contributed by atoms with Crippen LogP contribution < -0.4 is 4.90 Å². The molecule has 0 aromatic heterocycles. The molecule has 0 amide bonds. The number of rotatable bonds is 3. The molecule has 1 heterocycles. The summed E-state index contributed by atoms with van der Waals surface area (Å²) in [5.41, 5.74) is 6.03. The monoisotopic (exact) mass is 297 g/mol. The third-order valence-electron chi connectivity index (χ3n) is 5.00. The largest absolute Gasteiger partial charge is 0.371 e. The average Bonchev–Trinajstić information content (AvgIpc) is 2.49. The number of hydrogen-bond donors (Lipinski definition) is 0. The Kier molecular flexibility index (Phi) is 4.19. The van der Waals surface area contributed by atoms with Crippen molar-refractivity contribution in [3.63, 3.8) is 0 Å². The highest BCUT2D eigenvalue weighted by molar-refractivity contribution is 5.58. The van der Waals surface area contributed by atoms with Crippen LogP contribution in [0.1, 0.15) is 35.1 Å². The van der Waals surface area contributed by atoms with E-state index in [1.54, 1.807) is 6.07 Å². The van der Waals surface area contributed by atoms with Crippen molar-refractivity contribution in [1.82, 2.24) is 0 Å². The molecule has 3 rings (SSSR count). The second kappa shape index (κ2) is 6.12. The van der Waals surface area contributed by atoms with Gasteiger partial charge in [-0.2, -0.15) is 0 Å². The molecule has 1 unspecified atom stereocenters. The Morgan fingerprint density at radius 1 is 1.18 bits per heavy atom. The van der Waals surface area contributed by atoms with Gasteiger partial charge in [-0.3, -0.25) is 0 Å². The fraction of sp³-hybridized carbons (Fsp3) is 0.400. The Labute approximate surface area is 132 Å². The van der Waals surface area contributed by atoms with Crippen LogP contribution in [0.25, 0.3) is 0 Å². The van der Waals surface area contributed by atoms with Crippen LogP contribution >= 0.6 is 0 Å². The van der Waals surface area contributed by atoms with Crippen molar-refractivity contribution < 1.29 is 4.39 Å². The lowest BCUT2D eigenvalue weighted by atomic mass is 9.90. The van der Waals surface area contributed by atoms with E-state index < -0.39 is 0 Å². The van der Waals surface area contributed by atoms with Gasteiger partial charge in [-0.1, -0.05) is 24.3 Å². The third-order valence-corrected chi connectivity index (χ3v) is 5.00. The predicted octanol–water partition coefficient (Wildman–Crippen LogP) is 4.83. The molecule has 2 aromatic carbocycles. The lowest BCUT2D eigenvalue weighted by Crippen LogP contribution is -2.36. The van der Waals surface area contributed by atoms with Crippen LogP contribution in [-0.4, -0.2) is 13.1 Å². The van der Waals surface area contributed by atoms with Gasteiger partial charge in [0.05, 0.1) is 0 Å². The summed E-state index contributed by atoms with van der Waals surface area (Å²) in [6.07, 6.45) is 4.10. The molecule has 0 saturated heterocycles. The van der Waals surface area contributed by atoms with E-state index in [0.717, 1.165) is 36.8 Å². The zero-order valence-electron chi connectivity index (χ0n) is 13.7. The molecule has 0 radical (unpaired) electrons. The van der Waals surface area contributed by atoms with Crippen LogP contribution in [0, 0.1) is 19.7 Å². The standard InChI is InChI=1S/C20H24FN/c1-14-7-8-16(19(21)13-14)9-10-17-11-12-18-15(2)5-4-6-20(18)22(17)3/h4-8,13,17H,9-12H2,1-3H3. The molecule has 0 aliphatic carbocycles. The van der Waals surface area contributed by atoms with E-state index in [-0.39, 0.29) is 5.82 Å². The van der Waals surface area contributed by atoms with E-state index in [2.05, 4.69) is 37.1 Å². The number of aryl methyl sites for hydroxylation is 3. The van der Waals surface area contributed by atoms with Gasteiger partial charge >= 0.3 is 0 Å². The lowest BCUT2D eigenvalue weighted by molar-refractivity contribution is 0.511. The molecular formula is C20H24FN. The molecule has 1 nitrogen and oxygen atoms in total. The molecule has 2 heteroatoms. The van der Waals surface area contributed by atoms with Crippen LogP contribution in [0.4, 0.5) is 10.1 Å². The first kappa shape index (κ1) is 15.1. The molecule has 0 saturated carbocycles. The smallest absolute Gasteiger partial charge is 0.126 e. The third kappa shape index (κ3) is 2.87. The van der Waals surface area contributed by atoms with Gasteiger partial charge in [-0.25, -0.2) is 4.39 Å². The lowest BCUT2D eigenvalue weighted by Gasteiger charge is -2.37. The summed E-state index contributed by atoms with van der Waals surface area (Å²) in [5, 5.41) is 0. The molecule has 0 bridgehead atoms. The number of halogens is 1. The van der Waals surface area contributed by atoms with Crippen molar-refractivity contribution in [2.24, 2.45) is 0 Å². The minimum atomic E-state index is -0.0605. The van der Waals surface area contributed by atoms with Crippen LogP contribution in [0.5, 0.6) is 0 Å². The zero-order chi connectivity index (χ0) is 15.7. The van der Waals surface area contributed by atoms with Gasteiger partial charge in [0, 0.05) is 18.8 Å². The van der Waals surface area contributed by atoms with Gasteiger partial charge in [0.2, 0.25) is 0 Å². The number of anilines is 1. The minimum absolute atomic E-state index is 0.0605. The van der Waals surface area contributed by atoms with Crippen molar-refractivity contribution in [2.45, 2.75) is 45.6 Å². The maximum absolute atomic E-state index is 14.0. The summed E-state index contributed by atoms with van der Waals surface area (Å²) in [5.74, 6) is -0.0605. The van der Waals surface area contributed by atoms with Gasteiger partial charge in [-0.05, 0) is 73.9 Å². The second-order valence-corrected chi connectivity index (χ2v) is 6.51. The van der Waals surface area contributed by atoms with E-state index in [9.17, 15) is 4.39 Å². The maximum Gasteiger partial charge on any atom is 0.126 e. The minimum Gasteiger partial charge on any atom is -0.371 e. The summed E-state index contributed by atoms with van der Waals surface area (Å²) in [4.78, 5) is 2.39. The molecule has 116 valence electrons. The molecule has 0 fully saturated rings. The molecule has 0 N–H and O–H groups in total. The zero-order valence-corrected chi connectivity index (χ0v) is 13.7. The molecule has 1 atom stereocenters. The van der Waals surface area contributed by atoms with E-state index in [1.165, 1.54) is 16.8 Å². The quantitative estimate of drug-likeness (QED) is 0.784. The van der Waals surface area contributed by atoms with Crippen molar-refractivity contribution in [2.75, 3.05) is 11.9 Å². The summed E-state index contributed by atoms with van der Waals surface area (Å²) < 4.78 is 14.0. The van der Waals surface area contributed by atoms with Crippen molar-refractivity contribution >= 4 is 5.69 Å². The molecule has 0 spiro atoms. The summed E-state index contributed by atoms with van der Waals surface area (Å²) in [6.45, 7) is 4.12. The fourth-order valence-electron chi connectivity index (χ4n) is 3.56. The Hall–Kier alpha value is -1.83. The van der Waals surface area contributed by atoms with Crippen molar-refractivity contribution in [1.29, 1.82) is 0 Å². The Morgan fingerprint density at radius 3 is 2.77 bits per heavy atom. The first-order chi connectivity index (χ1) is 10.6. The highest BCUT2D eigenvalue weighted by atomic mass is 19.1. The first-order valence-corrected chi connectivity index (χ1v) is 8.12. The highest BCUT2D eigenvalue weighted by Crippen LogP contribution is 2.33. The van der Waals surface area contributed by atoms with Crippen molar-refractivity contribution in [3.8, 4) is 0 Å². The van der Waals surface area contributed by atoms with Gasteiger partial charge in [0.1, 0.15) is 5.82 Å². The van der Waals surface area contributed by atoms with Gasteiger partial charge in [0.15, 0.2) is 0 Å². The van der Waals surface area contributed by atoms with Crippen LogP contribution in [-0.2, 0) is 12.8 Å². The molecule has 2 aromatic rings. The second-order valence-electron chi connectivity index (χ2n) is 6.51. The molecule has 22 heavy (non-hydrogen) atoms. The Bertz CT molecular complexity index is 677. The topological polar surface area (TPSA) is 3.24 Å². The molecule has 1 aliphatic heterocycles. The Balaban J connectivity index is 1.72. The van der Waals surface area contributed by atoms with Crippen LogP contribution in [0.3, 0.4) is 0 Å². The van der Waals surface area contributed by atoms with Gasteiger partial charge < -0.3 is 4.90 Å². The number of benzene rings is 2. The SMILES string of the molecule is Cc1ccc(CCC2CCc3c(C)cccc3N2C)c(F)c1. The van der Waals surface area contributed by atoms with Crippen LogP contribution in [0.15, 0.2) is 36.4 Å². The number of fused-ring (bicyclic) bond motifs is 1. The molecule has 1 aliphatic rings. The summed E-state index contributed by atoms with van der Waals surface area (Å²) in [7, 11) is 2.17. The van der Waals surface area contributed by atoms with E-state index in [4.69, 9.17) is 0 Å². The van der Waals surface area contributed by atoms with E-state index in [1.807, 2.05) is 19.1 Å². The molecular weight excluding hydrogens is 273 g/mol. The van der Waals surface area contributed by atoms with Gasteiger partial charge in [-0.15, -0.1) is 0 Å². The van der Waals surface area contributed by atoms with Crippen LogP contribution in [0.2, 0.25) is 0 Å². The fourth-order valence-corrected chi connectivity index (χ4v) is 3.56. The van der Waals surface area contributed by atoms with E-state index >= 15 is 0 Å². The average molecular weight is 297 g/mol. The first-order valence-electron chi connectivity index (χ1n) is 8.12. The van der Waals surface area contributed by atoms with E-state index in [0.29, 0.717) is 6.04 Å².